The Balaban J connectivity index is 1.37. The molecular weight excluding hydrogens is 350 g/mol. The number of rotatable bonds is 9. The van der Waals surface area contributed by atoms with Crippen molar-refractivity contribution < 1.29 is 13.2 Å². The quantitative estimate of drug-likeness (QED) is 0.684. The first-order valence-corrected chi connectivity index (χ1v) is 11.1. The molecule has 2 aliphatic rings. The van der Waals surface area contributed by atoms with Gasteiger partial charge in [-0.25, -0.2) is 13.1 Å². The minimum Gasteiger partial charge on any atom is -0.355 e. The van der Waals surface area contributed by atoms with Gasteiger partial charge in [-0.2, -0.15) is 0 Å². The highest BCUT2D eigenvalue weighted by molar-refractivity contribution is 7.89. The van der Waals surface area contributed by atoms with Gasteiger partial charge in [0, 0.05) is 25.6 Å². The number of carbonyl (C=O) groups excluding carboxylic acids is 1. The first-order chi connectivity index (χ1) is 12.5. The molecular formula is C19H29N3O3S. The van der Waals surface area contributed by atoms with Crippen LogP contribution in [-0.4, -0.2) is 51.4 Å². The second-order valence-corrected chi connectivity index (χ2v) is 9.01. The Morgan fingerprint density at radius 3 is 2.42 bits per heavy atom. The van der Waals surface area contributed by atoms with Crippen LogP contribution in [0.5, 0.6) is 0 Å². The molecule has 0 radical (unpaired) electrons. The molecule has 0 bridgehead atoms. The summed E-state index contributed by atoms with van der Waals surface area (Å²) < 4.78 is 26.9. The zero-order valence-electron chi connectivity index (χ0n) is 15.2. The smallest absolute Gasteiger partial charge is 0.240 e. The first kappa shape index (κ1) is 19.3. The van der Waals surface area contributed by atoms with Crippen molar-refractivity contribution in [2.45, 2.75) is 55.9 Å². The number of nitrogens with one attached hydrogen (secondary N) is 2. The topological polar surface area (TPSA) is 78.5 Å². The second kappa shape index (κ2) is 8.97. The first-order valence-electron chi connectivity index (χ1n) is 9.63. The maximum absolute atomic E-state index is 12.1. The predicted molar refractivity (Wildman–Crippen MR) is 101 cm³/mol. The number of amides is 1. The minimum absolute atomic E-state index is 0.0501. The number of nitrogens with zero attached hydrogens (tertiary/aromatic N) is 1. The Bertz CT molecular complexity index is 693. The number of carbonyl (C=O) groups is 1. The molecule has 1 saturated carbocycles. The van der Waals surface area contributed by atoms with E-state index >= 15 is 0 Å². The van der Waals surface area contributed by atoms with E-state index in [0.29, 0.717) is 24.3 Å². The summed E-state index contributed by atoms with van der Waals surface area (Å²) in [6.07, 6.45) is 6.72. The van der Waals surface area contributed by atoms with Crippen LogP contribution in [0, 0.1) is 0 Å². The lowest BCUT2D eigenvalue weighted by Gasteiger charge is -2.26. The average Bonchev–Trinajstić information content (AvgIpc) is 3.44. The van der Waals surface area contributed by atoms with Crippen molar-refractivity contribution in [3.8, 4) is 0 Å². The van der Waals surface area contributed by atoms with Gasteiger partial charge in [-0.05, 0) is 62.9 Å². The summed E-state index contributed by atoms with van der Waals surface area (Å²) in [7, 11) is -3.40. The van der Waals surface area contributed by atoms with Gasteiger partial charge in [-0.1, -0.05) is 18.6 Å². The average molecular weight is 380 g/mol. The monoisotopic (exact) mass is 379 g/mol. The van der Waals surface area contributed by atoms with E-state index in [1.807, 2.05) is 0 Å². The van der Waals surface area contributed by atoms with E-state index in [2.05, 4.69) is 14.9 Å². The van der Waals surface area contributed by atoms with Crippen LogP contribution in [-0.2, 0) is 21.2 Å². The third-order valence-corrected chi connectivity index (χ3v) is 6.51. The fraction of sp³-hybridized carbons (Fsp3) is 0.632. The van der Waals surface area contributed by atoms with Crippen molar-refractivity contribution in [2.75, 3.05) is 26.2 Å². The number of hydrogen-bond acceptors (Lipinski definition) is 4. The molecule has 2 N–H and O–H groups in total. The predicted octanol–water partition coefficient (Wildman–Crippen LogP) is 1.66. The molecule has 0 unspecified atom stereocenters. The number of aryl methyl sites for hydroxylation is 1. The molecule has 0 aromatic heterocycles. The van der Waals surface area contributed by atoms with Gasteiger partial charge in [0.2, 0.25) is 15.9 Å². The third-order valence-electron chi connectivity index (χ3n) is 4.97. The number of benzene rings is 1. The zero-order valence-corrected chi connectivity index (χ0v) is 16.1. The standard InChI is InChI=1S/C19H29N3O3S/c23-19(20-12-15-22-13-2-1-3-14-22)11-6-16-4-9-18(10-5-16)26(24,25)21-17-7-8-17/h4-5,9-10,17,21H,1-3,6-8,11-15H2,(H,20,23). The summed E-state index contributed by atoms with van der Waals surface area (Å²) in [5.74, 6) is 0.0501. The SMILES string of the molecule is O=C(CCc1ccc(S(=O)(=O)NC2CC2)cc1)NCCN1CCCCC1. The molecule has 1 heterocycles. The van der Waals surface area contributed by atoms with Crippen molar-refractivity contribution in [2.24, 2.45) is 0 Å². The Kier molecular flexibility index (Phi) is 6.67. The minimum atomic E-state index is -3.40. The molecule has 7 heteroatoms. The van der Waals surface area contributed by atoms with Crippen LogP contribution in [0.4, 0.5) is 0 Å². The lowest BCUT2D eigenvalue weighted by molar-refractivity contribution is -0.121. The molecule has 1 aliphatic heterocycles. The zero-order chi connectivity index (χ0) is 18.4. The lowest BCUT2D eigenvalue weighted by atomic mass is 10.1. The van der Waals surface area contributed by atoms with Crippen molar-refractivity contribution >= 4 is 15.9 Å². The van der Waals surface area contributed by atoms with Gasteiger partial charge in [0.05, 0.1) is 4.90 Å². The van der Waals surface area contributed by atoms with Gasteiger partial charge in [0.15, 0.2) is 0 Å². The lowest BCUT2D eigenvalue weighted by Crippen LogP contribution is -2.37. The van der Waals surface area contributed by atoms with Crippen LogP contribution in [0.1, 0.15) is 44.1 Å². The fourth-order valence-electron chi connectivity index (χ4n) is 3.21. The summed E-state index contributed by atoms with van der Waals surface area (Å²) in [5, 5.41) is 2.98. The summed E-state index contributed by atoms with van der Waals surface area (Å²) in [6, 6.07) is 6.93. The highest BCUT2D eigenvalue weighted by atomic mass is 32.2. The Morgan fingerprint density at radius 2 is 1.77 bits per heavy atom. The van der Waals surface area contributed by atoms with E-state index in [-0.39, 0.29) is 11.9 Å². The largest absolute Gasteiger partial charge is 0.355 e. The van der Waals surface area contributed by atoms with Crippen molar-refractivity contribution in [1.82, 2.24) is 14.9 Å². The Labute approximate surface area is 156 Å². The summed E-state index contributed by atoms with van der Waals surface area (Å²) in [6.45, 7) is 3.90. The van der Waals surface area contributed by atoms with Gasteiger partial charge >= 0.3 is 0 Å². The summed E-state index contributed by atoms with van der Waals surface area (Å²) in [5.41, 5.74) is 0.974. The van der Waals surface area contributed by atoms with Crippen LogP contribution in [0.3, 0.4) is 0 Å². The second-order valence-electron chi connectivity index (χ2n) is 7.29. The van der Waals surface area contributed by atoms with E-state index in [9.17, 15) is 13.2 Å². The van der Waals surface area contributed by atoms with Crippen LogP contribution in [0.15, 0.2) is 29.2 Å². The van der Waals surface area contributed by atoms with Crippen LogP contribution in [0.2, 0.25) is 0 Å². The molecule has 0 atom stereocenters. The van der Waals surface area contributed by atoms with E-state index in [4.69, 9.17) is 0 Å². The fourth-order valence-corrected chi connectivity index (χ4v) is 4.51. The molecule has 2 fully saturated rings. The maximum Gasteiger partial charge on any atom is 0.240 e. The summed E-state index contributed by atoms with van der Waals surface area (Å²) >= 11 is 0. The number of sulfonamides is 1. The molecule has 0 spiro atoms. The van der Waals surface area contributed by atoms with Gasteiger partial charge in [0.1, 0.15) is 0 Å². The highest BCUT2D eigenvalue weighted by Gasteiger charge is 2.27. The van der Waals surface area contributed by atoms with Gasteiger partial charge in [-0.3, -0.25) is 4.79 Å². The maximum atomic E-state index is 12.1. The molecule has 6 nitrogen and oxygen atoms in total. The van der Waals surface area contributed by atoms with Crippen molar-refractivity contribution in [3.05, 3.63) is 29.8 Å². The Hall–Kier alpha value is -1.44. The number of hydrogen-bond donors (Lipinski definition) is 2. The molecule has 26 heavy (non-hydrogen) atoms. The van der Waals surface area contributed by atoms with E-state index in [1.165, 1.54) is 19.3 Å². The molecule has 1 aliphatic carbocycles. The number of piperidine rings is 1. The third kappa shape index (κ3) is 6.07. The van der Waals surface area contributed by atoms with Gasteiger partial charge in [-0.15, -0.1) is 0 Å². The van der Waals surface area contributed by atoms with Crippen molar-refractivity contribution in [3.63, 3.8) is 0 Å². The van der Waals surface area contributed by atoms with E-state index in [0.717, 1.165) is 38.0 Å². The van der Waals surface area contributed by atoms with E-state index < -0.39 is 10.0 Å². The van der Waals surface area contributed by atoms with Gasteiger partial charge < -0.3 is 10.2 Å². The van der Waals surface area contributed by atoms with Crippen molar-refractivity contribution in [1.29, 1.82) is 0 Å². The molecule has 1 aromatic carbocycles. The van der Waals surface area contributed by atoms with E-state index in [1.54, 1.807) is 24.3 Å². The molecule has 144 valence electrons. The molecule has 3 rings (SSSR count). The summed E-state index contributed by atoms with van der Waals surface area (Å²) in [4.78, 5) is 14.7. The molecule has 1 amide bonds. The number of likely N-dealkylation sites (tertiary alicyclic amines) is 1. The normalized spacial score (nSPS) is 18.6. The molecule has 1 saturated heterocycles. The highest BCUT2D eigenvalue weighted by Crippen LogP contribution is 2.22. The van der Waals surface area contributed by atoms with Gasteiger partial charge in [0.25, 0.3) is 0 Å². The van der Waals surface area contributed by atoms with Crippen LogP contribution < -0.4 is 10.0 Å². The van der Waals surface area contributed by atoms with Crippen LogP contribution >= 0.6 is 0 Å². The Morgan fingerprint density at radius 1 is 1.08 bits per heavy atom. The molecule has 1 aromatic rings. The van der Waals surface area contributed by atoms with Crippen LogP contribution in [0.25, 0.3) is 0 Å².